The van der Waals surface area contributed by atoms with Crippen LogP contribution in [-0.4, -0.2) is 42.6 Å². The van der Waals surface area contributed by atoms with Gasteiger partial charge in [0.1, 0.15) is 18.8 Å². The van der Waals surface area contributed by atoms with E-state index in [0.717, 1.165) is 0 Å². The lowest BCUT2D eigenvalue weighted by Gasteiger charge is -2.18. The third-order valence-corrected chi connectivity index (χ3v) is 4.91. The van der Waals surface area contributed by atoms with Gasteiger partial charge in [-0.3, -0.25) is 14.4 Å². The highest BCUT2D eigenvalue weighted by molar-refractivity contribution is 5.89. The van der Waals surface area contributed by atoms with Crippen molar-refractivity contribution in [3.8, 4) is 11.5 Å². The standard InChI is InChI=1S/C27H33NO8/c1-16(2)24(29)35-22-12-11-19(14-23(22)36-25(30)17(3)4)13-21(28)27(32)34-18(5)15-33-26(31)20-9-7-6-8-10-20/h6-12,14,16-18,21H,13,15,28H2,1-5H3/t18-,21+/m1/s1. The molecule has 0 spiro atoms. The Balaban J connectivity index is 2.00. The maximum absolute atomic E-state index is 12.5. The Hall–Kier alpha value is -3.72. The molecule has 2 aromatic rings. The van der Waals surface area contributed by atoms with E-state index in [4.69, 9.17) is 24.7 Å². The van der Waals surface area contributed by atoms with Crippen molar-refractivity contribution >= 4 is 23.9 Å². The first-order valence-corrected chi connectivity index (χ1v) is 11.7. The molecule has 0 aromatic heterocycles. The Labute approximate surface area is 210 Å². The molecule has 0 aliphatic carbocycles. The Morgan fingerprint density at radius 3 is 1.94 bits per heavy atom. The first-order valence-electron chi connectivity index (χ1n) is 11.7. The number of carbonyl (C=O) groups is 4. The van der Waals surface area contributed by atoms with E-state index in [9.17, 15) is 19.2 Å². The van der Waals surface area contributed by atoms with Gasteiger partial charge in [-0.1, -0.05) is 52.0 Å². The van der Waals surface area contributed by atoms with Crippen LogP contribution in [0.25, 0.3) is 0 Å². The fourth-order valence-electron chi connectivity index (χ4n) is 2.80. The van der Waals surface area contributed by atoms with E-state index < -0.39 is 41.9 Å². The summed E-state index contributed by atoms with van der Waals surface area (Å²) in [5, 5.41) is 0. The highest BCUT2D eigenvalue weighted by Gasteiger charge is 2.22. The summed E-state index contributed by atoms with van der Waals surface area (Å²) in [7, 11) is 0. The fraction of sp³-hybridized carbons (Fsp3) is 0.407. The first kappa shape index (κ1) is 28.5. The monoisotopic (exact) mass is 499 g/mol. The summed E-state index contributed by atoms with van der Waals surface area (Å²) >= 11 is 0. The Morgan fingerprint density at radius 1 is 0.778 bits per heavy atom. The van der Waals surface area contributed by atoms with E-state index >= 15 is 0 Å². The molecule has 0 heterocycles. The van der Waals surface area contributed by atoms with Crippen LogP contribution in [0, 0.1) is 11.8 Å². The van der Waals surface area contributed by atoms with Crippen LogP contribution in [0.3, 0.4) is 0 Å². The Morgan fingerprint density at radius 2 is 1.36 bits per heavy atom. The predicted octanol–water partition coefficient (Wildman–Crippen LogP) is 3.47. The van der Waals surface area contributed by atoms with Crippen molar-refractivity contribution in [3.63, 3.8) is 0 Å². The molecule has 2 atom stereocenters. The Kier molecular flexibility index (Phi) is 10.6. The number of hydrogen-bond donors (Lipinski definition) is 1. The van der Waals surface area contributed by atoms with Crippen LogP contribution in [0.2, 0.25) is 0 Å². The van der Waals surface area contributed by atoms with Gasteiger partial charge in [0, 0.05) is 0 Å². The number of nitrogens with two attached hydrogens (primary N) is 1. The van der Waals surface area contributed by atoms with Crippen LogP contribution in [-0.2, 0) is 30.3 Å². The van der Waals surface area contributed by atoms with Gasteiger partial charge in [-0.25, -0.2) is 4.79 Å². The normalized spacial score (nSPS) is 12.6. The molecule has 0 saturated heterocycles. The molecule has 0 fully saturated rings. The van der Waals surface area contributed by atoms with E-state index in [-0.39, 0.29) is 30.4 Å². The molecule has 36 heavy (non-hydrogen) atoms. The van der Waals surface area contributed by atoms with Gasteiger partial charge in [-0.2, -0.15) is 0 Å². The molecular weight excluding hydrogens is 466 g/mol. The summed E-state index contributed by atoms with van der Waals surface area (Å²) in [6.07, 6.45) is -0.642. The second-order valence-corrected chi connectivity index (χ2v) is 8.96. The molecular formula is C27H33NO8. The first-order chi connectivity index (χ1) is 17.0. The number of ether oxygens (including phenoxy) is 4. The van der Waals surface area contributed by atoms with Crippen molar-refractivity contribution in [1.82, 2.24) is 0 Å². The number of carbonyl (C=O) groups excluding carboxylic acids is 4. The lowest BCUT2D eigenvalue weighted by Crippen LogP contribution is -2.37. The number of hydrogen-bond acceptors (Lipinski definition) is 9. The summed E-state index contributed by atoms with van der Waals surface area (Å²) in [5.74, 6) is -2.83. The molecule has 0 bridgehead atoms. The van der Waals surface area contributed by atoms with Gasteiger partial charge in [0.15, 0.2) is 11.5 Å². The van der Waals surface area contributed by atoms with Gasteiger partial charge in [0.2, 0.25) is 0 Å². The van der Waals surface area contributed by atoms with Crippen molar-refractivity contribution in [1.29, 1.82) is 0 Å². The summed E-state index contributed by atoms with van der Waals surface area (Å²) in [6.45, 7) is 8.18. The largest absolute Gasteiger partial charge is 0.458 e. The quantitative estimate of drug-likeness (QED) is 0.365. The molecule has 2 N–H and O–H groups in total. The second-order valence-electron chi connectivity index (χ2n) is 8.96. The number of esters is 4. The van der Waals surface area contributed by atoms with Crippen molar-refractivity contribution in [3.05, 3.63) is 59.7 Å². The molecule has 2 rings (SSSR count). The maximum Gasteiger partial charge on any atom is 0.338 e. The van der Waals surface area contributed by atoms with Crippen LogP contribution in [0.5, 0.6) is 11.5 Å². The lowest BCUT2D eigenvalue weighted by atomic mass is 10.1. The minimum absolute atomic E-state index is 0.0574. The zero-order valence-electron chi connectivity index (χ0n) is 21.2. The summed E-state index contributed by atoms with van der Waals surface area (Å²) in [6, 6.07) is 12.0. The zero-order valence-corrected chi connectivity index (χ0v) is 21.2. The molecule has 0 aliphatic rings. The van der Waals surface area contributed by atoms with Gasteiger partial charge in [-0.05, 0) is 43.2 Å². The van der Waals surface area contributed by atoms with E-state index in [1.54, 1.807) is 71.0 Å². The van der Waals surface area contributed by atoms with Crippen LogP contribution in [0.15, 0.2) is 48.5 Å². The molecule has 0 aliphatic heterocycles. The van der Waals surface area contributed by atoms with Crippen molar-refractivity contribution < 1.29 is 38.1 Å². The minimum atomic E-state index is -1.03. The predicted molar refractivity (Wildman–Crippen MR) is 131 cm³/mol. The maximum atomic E-state index is 12.5. The third-order valence-electron chi connectivity index (χ3n) is 4.91. The van der Waals surface area contributed by atoms with Crippen LogP contribution < -0.4 is 15.2 Å². The summed E-state index contributed by atoms with van der Waals surface area (Å²) in [5.41, 5.74) is 6.99. The van der Waals surface area contributed by atoms with E-state index in [1.807, 2.05) is 0 Å². The van der Waals surface area contributed by atoms with Crippen molar-refractivity contribution in [2.45, 2.75) is 53.2 Å². The van der Waals surface area contributed by atoms with Crippen molar-refractivity contribution in [2.75, 3.05) is 6.61 Å². The van der Waals surface area contributed by atoms with E-state index in [1.165, 1.54) is 12.1 Å². The summed E-state index contributed by atoms with van der Waals surface area (Å²) < 4.78 is 21.2. The van der Waals surface area contributed by atoms with Crippen molar-refractivity contribution in [2.24, 2.45) is 17.6 Å². The highest BCUT2D eigenvalue weighted by Crippen LogP contribution is 2.30. The lowest BCUT2D eigenvalue weighted by molar-refractivity contribution is -0.151. The van der Waals surface area contributed by atoms with Gasteiger partial charge in [0.05, 0.1) is 17.4 Å². The van der Waals surface area contributed by atoms with Gasteiger partial charge >= 0.3 is 23.9 Å². The van der Waals surface area contributed by atoms with E-state index in [0.29, 0.717) is 11.1 Å². The highest BCUT2D eigenvalue weighted by atomic mass is 16.6. The molecule has 9 nitrogen and oxygen atoms in total. The summed E-state index contributed by atoms with van der Waals surface area (Å²) in [4.78, 5) is 48.7. The SMILES string of the molecule is CC(C)C(=O)Oc1ccc(C[C@H](N)C(=O)O[C@H](C)COC(=O)c2ccccc2)cc1OC(=O)C(C)C. The fourth-order valence-corrected chi connectivity index (χ4v) is 2.80. The van der Waals surface area contributed by atoms with Crippen LogP contribution in [0.1, 0.15) is 50.5 Å². The topological polar surface area (TPSA) is 131 Å². The smallest absolute Gasteiger partial charge is 0.338 e. The zero-order chi connectivity index (χ0) is 26.8. The molecule has 0 amide bonds. The molecule has 2 aromatic carbocycles. The van der Waals surface area contributed by atoms with Gasteiger partial charge < -0.3 is 24.7 Å². The molecule has 0 unspecified atom stereocenters. The molecule has 0 saturated carbocycles. The number of benzene rings is 2. The second kappa shape index (κ2) is 13.4. The molecule has 0 radical (unpaired) electrons. The Bertz CT molecular complexity index is 1060. The number of rotatable bonds is 11. The molecule has 9 heteroatoms. The minimum Gasteiger partial charge on any atom is -0.458 e. The van der Waals surface area contributed by atoms with Gasteiger partial charge in [-0.15, -0.1) is 0 Å². The van der Waals surface area contributed by atoms with Gasteiger partial charge in [0.25, 0.3) is 0 Å². The van der Waals surface area contributed by atoms with Crippen LogP contribution in [0.4, 0.5) is 0 Å². The van der Waals surface area contributed by atoms with Crippen LogP contribution >= 0.6 is 0 Å². The van der Waals surface area contributed by atoms with E-state index in [2.05, 4.69) is 0 Å². The third kappa shape index (κ3) is 8.81. The average Bonchev–Trinajstić information content (AvgIpc) is 2.84. The average molecular weight is 500 g/mol. The molecule has 194 valence electrons.